The Kier molecular flexibility index (Phi) is 8.26. The van der Waals surface area contributed by atoms with Gasteiger partial charge < -0.3 is 4.42 Å². The highest BCUT2D eigenvalue weighted by Crippen LogP contribution is 2.42. The van der Waals surface area contributed by atoms with Gasteiger partial charge in [0.25, 0.3) is 0 Å². The highest BCUT2D eigenvalue weighted by Gasteiger charge is 2.19. The molecular weight excluding hydrogens is 647 g/mol. The van der Waals surface area contributed by atoms with Crippen molar-refractivity contribution in [1.82, 2.24) is 4.98 Å². The van der Waals surface area contributed by atoms with Gasteiger partial charge in [-0.15, -0.1) is 0 Å². The molecule has 0 atom stereocenters. The van der Waals surface area contributed by atoms with Crippen LogP contribution in [0, 0.1) is 0 Å². The lowest BCUT2D eigenvalue weighted by Gasteiger charge is -2.13. The first-order chi connectivity index (χ1) is 26.2. The number of fused-ring (bicyclic) bond motifs is 7. The molecule has 0 aliphatic heterocycles. The number of para-hydroxylation sites is 1. The first-order valence-electron chi connectivity index (χ1n) is 17.9. The van der Waals surface area contributed by atoms with E-state index < -0.39 is 0 Å². The monoisotopic (exact) mass is 681 g/mol. The van der Waals surface area contributed by atoms with Gasteiger partial charge in [0.1, 0.15) is 11.2 Å². The van der Waals surface area contributed by atoms with Crippen LogP contribution in [-0.2, 0) is 0 Å². The Morgan fingerprint density at radius 2 is 1.21 bits per heavy atom. The molecule has 0 aliphatic carbocycles. The van der Waals surface area contributed by atoms with Crippen molar-refractivity contribution in [2.75, 3.05) is 0 Å². The zero-order valence-electron chi connectivity index (χ0n) is 29.5. The summed E-state index contributed by atoms with van der Waals surface area (Å²) in [6.45, 7) is 4.08. The van der Waals surface area contributed by atoms with Crippen LogP contribution in [0.4, 0.5) is 0 Å². The quantitative estimate of drug-likeness (QED) is 0.0996. The summed E-state index contributed by atoms with van der Waals surface area (Å²) in [4.78, 5) is 15.9. The van der Waals surface area contributed by atoms with Crippen molar-refractivity contribution in [1.29, 1.82) is 0 Å². The normalized spacial score (nSPS) is 12.7. The van der Waals surface area contributed by atoms with Crippen LogP contribution >= 0.6 is 0 Å². The molecule has 53 heavy (non-hydrogen) atoms. The summed E-state index contributed by atoms with van der Waals surface area (Å²) in [7, 11) is 0. The summed E-state index contributed by atoms with van der Waals surface area (Å²) in [6.07, 6.45) is 2.07. The van der Waals surface area contributed by atoms with E-state index in [4.69, 9.17) is 19.4 Å². The van der Waals surface area contributed by atoms with Gasteiger partial charge in [0.15, 0.2) is 5.84 Å². The molecule has 4 heteroatoms. The molecule has 0 unspecified atom stereocenters. The molecule has 0 saturated heterocycles. The van der Waals surface area contributed by atoms with Crippen molar-refractivity contribution in [3.8, 4) is 22.4 Å². The van der Waals surface area contributed by atoms with Gasteiger partial charge in [-0.2, -0.15) is 0 Å². The summed E-state index contributed by atoms with van der Waals surface area (Å²) in [5, 5.41) is 5.33. The van der Waals surface area contributed by atoms with Crippen LogP contribution in [0.1, 0.15) is 30.5 Å². The minimum absolute atomic E-state index is 0.616. The highest BCUT2D eigenvalue weighted by atomic mass is 16.3. The average molecular weight is 682 g/mol. The largest absolute Gasteiger partial charge is 0.456 e. The van der Waals surface area contributed by atoms with E-state index in [9.17, 15) is 0 Å². The lowest BCUT2D eigenvalue weighted by Crippen LogP contribution is -2.04. The van der Waals surface area contributed by atoms with Crippen LogP contribution in [0.2, 0.25) is 0 Å². The topological polar surface area (TPSA) is 50.8 Å². The Morgan fingerprint density at radius 3 is 1.98 bits per heavy atom. The molecule has 9 aromatic rings. The SMILES string of the molecule is C/C=C(\N=C(N=C(C)c1ccccc1)c1ccc2oc3ccc4c5ccccc5nc(-c5ccccc5)c4c3c2c1)c1ccccc1-c1ccccc1. The molecule has 0 saturated carbocycles. The smallest absolute Gasteiger partial charge is 0.160 e. The van der Waals surface area contributed by atoms with Gasteiger partial charge >= 0.3 is 0 Å². The molecule has 9 rings (SSSR count). The molecule has 7 aromatic carbocycles. The van der Waals surface area contributed by atoms with Crippen molar-refractivity contribution in [2.24, 2.45) is 9.98 Å². The molecule has 0 bridgehead atoms. The van der Waals surface area contributed by atoms with Crippen LogP contribution in [0.5, 0.6) is 0 Å². The molecule has 4 nitrogen and oxygen atoms in total. The van der Waals surface area contributed by atoms with Gasteiger partial charge in [-0.3, -0.25) is 0 Å². The number of furan rings is 1. The minimum Gasteiger partial charge on any atom is -0.456 e. The number of aromatic nitrogens is 1. The van der Waals surface area contributed by atoms with Crippen LogP contribution in [0.15, 0.2) is 190 Å². The zero-order valence-corrected chi connectivity index (χ0v) is 29.5. The number of allylic oxidation sites excluding steroid dienone is 1. The van der Waals surface area contributed by atoms with Crippen LogP contribution in [0.25, 0.3) is 71.7 Å². The molecule has 0 fully saturated rings. The summed E-state index contributed by atoms with van der Waals surface area (Å²) < 4.78 is 6.57. The third-order valence-electron chi connectivity index (χ3n) is 9.86. The Bertz CT molecular complexity index is 2890. The van der Waals surface area contributed by atoms with Crippen molar-refractivity contribution >= 4 is 60.9 Å². The first kappa shape index (κ1) is 32.0. The predicted molar refractivity (Wildman–Crippen MR) is 223 cm³/mol. The molecular formula is C49H35N3O. The maximum Gasteiger partial charge on any atom is 0.160 e. The molecule has 252 valence electrons. The van der Waals surface area contributed by atoms with E-state index >= 15 is 0 Å². The second kappa shape index (κ2) is 13.7. The van der Waals surface area contributed by atoms with E-state index in [0.717, 1.165) is 94.1 Å². The lowest BCUT2D eigenvalue weighted by atomic mass is 9.95. The van der Waals surface area contributed by atoms with E-state index in [-0.39, 0.29) is 0 Å². The lowest BCUT2D eigenvalue weighted by molar-refractivity contribution is 0.669. The van der Waals surface area contributed by atoms with Crippen molar-refractivity contribution in [3.63, 3.8) is 0 Å². The highest BCUT2D eigenvalue weighted by molar-refractivity contribution is 6.27. The van der Waals surface area contributed by atoms with Crippen molar-refractivity contribution in [3.05, 3.63) is 193 Å². The molecule has 2 aromatic heterocycles. The molecule has 0 N–H and O–H groups in total. The second-order valence-electron chi connectivity index (χ2n) is 13.1. The zero-order chi connectivity index (χ0) is 35.7. The number of hydrogen-bond donors (Lipinski definition) is 0. The molecule has 0 aliphatic rings. The third kappa shape index (κ3) is 5.90. The van der Waals surface area contributed by atoms with Gasteiger partial charge in [-0.05, 0) is 72.3 Å². The first-order valence-corrected chi connectivity index (χ1v) is 17.9. The molecule has 0 amide bonds. The number of benzene rings is 7. The Balaban J connectivity index is 1.31. The molecule has 0 radical (unpaired) electrons. The third-order valence-corrected chi connectivity index (χ3v) is 9.86. The van der Waals surface area contributed by atoms with Gasteiger partial charge in [0, 0.05) is 43.9 Å². The van der Waals surface area contributed by atoms with E-state index in [1.54, 1.807) is 0 Å². The Morgan fingerprint density at radius 1 is 0.547 bits per heavy atom. The predicted octanol–water partition coefficient (Wildman–Crippen LogP) is 12.9. The fourth-order valence-electron chi connectivity index (χ4n) is 7.29. The number of hydrogen-bond acceptors (Lipinski definition) is 3. The van der Waals surface area contributed by atoms with E-state index in [1.807, 2.05) is 56.3 Å². The molecule has 0 spiro atoms. The minimum atomic E-state index is 0.616. The number of pyridine rings is 1. The summed E-state index contributed by atoms with van der Waals surface area (Å²) in [5.41, 5.74) is 11.5. The van der Waals surface area contributed by atoms with E-state index in [0.29, 0.717) is 5.84 Å². The maximum absolute atomic E-state index is 6.57. The maximum atomic E-state index is 6.57. The number of aliphatic imine (C=N–C) groups is 2. The van der Waals surface area contributed by atoms with Crippen molar-refractivity contribution < 1.29 is 4.42 Å². The van der Waals surface area contributed by atoms with Gasteiger partial charge in [0.2, 0.25) is 0 Å². The number of rotatable bonds is 6. The van der Waals surface area contributed by atoms with Crippen LogP contribution in [-0.4, -0.2) is 16.5 Å². The van der Waals surface area contributed by atoms with Gasteiger partial charge in [0.05, 0.1) is 16.9 Å². The summed E-state index contributed by atoms with van der Waals surface area (Å²) >= 11 is 0. The summed E-state index contributed by atoms with van der Waals surface area (Å²) in [6, 6.07) is 58.5. The van der Waals surface area contributed by atoms with Crippen molar-refractivity contribution in [2.45, 2.75) is 13.8 Å². The van der Waals surface area contributed by atoms with Gasteiger partial charge in [-0.25, -0.2) is 15.0 Å². The van der Waals surface area contributed by atoms with E-state index in [1.165, 1.54) is 0 Å². The molecule has 2 heterocycles. The number of amidine groups is 1. The standard InChI is InChI=1S/C49H35N3O/c1-3-42(38-24-14-13-23-37(38)34-19-9-5-10-20-34)52-49(50-32(2)33-17-7-4-8-18-33)36-27-29-44-41(31-36)46-45(53-44)30-28-40-39-25-15-16-26-43(39)51-48(47(40)46)35-21-11-6-12-22-35/h3-31H,1-2H3/b42-3-,50-32?,52-49?. The van der Waals surface area contributed by atoms with Crippen LogP contribution < -0.4 is 0 Å². The van der Waals surface area contributed by atoms with Crippen LogP contribution in [0.3, 0.4) is 0 Å². The Hall–Kier alpha value is -6.91. The Labute approximate surface area is 308 Å². The fourth-order valence-corrected chi connectivity index (χ4v) is 7.29. The average Bonchev–Trinajstić information content (AvgIpc) is 3.61. The second-order valence-corrected chi connectivity index (χ2v) is 13.1. The van der Waals surface area contributed by atoms with E-state index in [2.05, 4.69) is 133 Å². The van der Waals surface area contributed by atoms with Gasteiger partial charge in [-0.1, -0.05) is 140 Å². The summed E-state index contributed by atoms with van der Waals surface area (Å²) in [5.74, 6) is 0.616. The fraction of sp³-hybridized carbons (Fsp3) is 0.0408. The number of nitrogens with zero attached hydrogens (tertiary/aromatic N) is 3.